The Morgan fingerprint density at radius 2 is 1.19 bits per heavy atom. The topological polar surface area (TPSA) is 187 Å². The van der Waals surface area contributed by atoms with Gasteiger partial charge in [-0.15, -0.1) is 0 Å². The lowest BCUT2D eigenvalue weighted by atomic mass is 10.1. The Morgan fingerprint density at radius 3 is 1.65 bits per heavy atom. The highest BCUT2D eigenvalue weighted by Gasteiger charge is 2.39. The number of nitrogens with one attached hydrogen (secondary N) is 4. The Hall–Kier alpha value is -4.38. The van der Waals surface area contributed by atoms with Gasteiger partial charge in [0.1, 0.15) is 17.2 Å². The SMILES string of the molecule is CCO[Si](CCCNC(=O)Nc1ccc(N=Nc2ccc(NC(=O)CC[C@H](NC(=O)OC(C)(C)C)C(=O)OC(C)(C)C)cc2)cc1)(OCC)OCC. The summed E-state index contributed by atoms with van der Waals surface area (Å²) in [6, 6.07) is 12.8. The van der Waals surface area contributed by atoms with Crippen LogP contribution in [0.25, 0.3) is 0 Å². The number of hydrogen-bond donors (Lipinski definition) is 4. The number of azo groups is 1. The lowest BCUT2D eigenvalue weighted by Gasteiger charge is -2.28. The zero-order chi connectivity index (χ0) is 38.8. The molecule has 0 aliphatic carbocycles. The van der Waals surface area contributed by atoms with E-state index in [0.717, 1.165) is 0 Å². The van der Waals surface area contributed by atoms with Crippen LogP contribution in [0.5, 0.6) is 0 Å². The van der Waals surface area contributed by atoms with Crippen LogP contribution in [0.4, 0.5) is 32.3 Å². The summed E-state index contributed by atoms with van der Waals surface area (Å²) in [5.41, 5.74) is 0.704. The molecule has 0 radical (unpaired) electrons. The Morgan fingerprint density at radius 1 is 0.712 bits per heavy atom. The van der Waals surface area contributed by atoms with Gasteiger partial charge in [-0.3, -0.25) is 4.79 Å². The third-order valence-electron chi connectivity index (χ3n) is 6.64. The third kappa shape index (κ3) is 17.7. The summed E-state index contributed by atoms with van der Waals surface area (Å²) >= 11 is 0. The Labute approximate surface area is 308 Å². The van der Waals surface area contributed by atoms with Gasteiger partial charge < -0.3 is 44.0 Å². The highest BCUT2D eigenvalue weighted by Crippen LogP contribution is 2.23. The van der Waals surface area contributed by atoms with Crippen molar-refractivity contribution in [1.29, 1.82) is 0 Å². The minimum atomic E-state index is -2.75. The third-order valence-corrected chi connectivity index (χ3v) is 9.79. The molecule has 0 unspecified atom stereocenters. The van der Waals surface area contributed by atoms with Gasteiger partial charge in [-0.05, 0) is 124 Å². The van der Waals surface area contributed by atoms with E-state index >= 15 is 0 Å². The molecule has 0 heterocycles. The number of rotatable bonds is 19. The van der Waals surface area contributed by atoms with Crippen molar-refractivity contribution in [1.82, 2.24) is 10.6 Å². The molecule has 2 aromatic carbocycles. The molecule has 4 amide bonds. The lowest BCUT2D eigenvalue weighted by molar-refractivity contribution is -0.157. The first-order valence-electron chi connectivity index (χ1n) is 17.6. The maximum Gasteiger partial charge on any atom is 0.500 e. The standard InChI is InChI=1S/C36H56N6O9Si/c1-10-47-52(48-11-2,49-12-3)25-13-24-37-33(45)39-27-16-20-29(21-17-27)42-41-28-18-14-26(15-19-28)38-31(43)23-22-30(32(44)50-35(4,5)6)40-34(46)51-36(7,8)9/h14-21,30H,10-13,22-25H2,1-9H3,(H,38,43)(H,40,46)(H2,37,39,45)/t30-/m0/s1. The molecule has 0 saturated carbocycles. The second-order valence-electron chi connectivity index (χ2n) is 13.6. The van der Waals surface area contributed by atoms with Gasteiger partial charge in [0.25, 0.3) is 0 Å². The van der Waals surface area contributed by atoms with Gasteiger partial charge in [0.15, 0.2) is 0 Å². The highest BCUT2D eigenvalue weighted by molar-refractivity contribution is 6.60. The molecule has 15 nitrogen and oxygen atoms in total. The van der Waals surface area contributed by atoms with E-state index in [9.17, 15) is 19.2 Å². The van der Waals surface area contributed by atoms with E-state index in [-0.39, 0.29) is 24.8 Å². The largest absolute Gasteiger partial charge is 0.500 e. The van der Waals surface area contributed by atoms with Crippen LogP contribution in [0.1, 0.15) is 81.6 Å². The number of esters is 1. The summed E-state index contributed by atoms with van der Waals surface area (Å²) < 4.78 is 28.2. The first kappa shape index (κ1) is 43.8. The van der Waals surface area contributed by atoms with Crippen molar-refractivity contribution in [3.63, 3.8) is 0 Å². The van der Waals surface area contributed by atoms with Crippen molar-refractivity contribution in [2.75, 3.05) is 37.0 Å². The summed E-state index contributed by atoms with van der Waals surface area (Å²) in [6.07, 6.45) is -0.185. The number of benzene rings is 2. The maximum absolute atomic E-state index is 12.7. The van der Waals surface area contributed by atoms with E-state index in [4.69, 9.17) is 22.8 Å². The number of alkyl carbamates (subject to hydrolysis) is 1. The number of carbonyl (C=O) groups is 4. The van der Waals surface area contributed by atoms with Crippen molar-refractivity contribution < 1.29 is 41.9 Å². The van der Waals surface area contributed by atoms with Gasteiger partial charge in [0.2, 0.25) is 5.91 Å². The van der Waals surface area contributed by atoms with Crippen LogP contribution in [0.3, 0.4) is 0 Å². The Bertz CT molecular complexity index is 1440. The normalized spacial score (nSPS) is 12.6. The van der Waals surface area contributed by atoms with Crippen molar-refractivity contribution >= 4 is 55.6 Å². The highest BCUT2D eigenvalue weighted by atomic mass is 28.4. The zero-order valence-electron chi connectivity index (χ0n) is 31.9. The molecule has 2 aromatic rings. The van der Waals surface area contributed by atoms with Gasteiger partial charge >= 0.3 is 26.9 Å². The predicted octanol–water partition coefficient (Wildman–Crippen LogP) is 7.62. The molecule has 16 heteroatoms. The van der Waals surface area contributed by atoms with Gasteiger partial charge in [0, 0.05) is 50.2 Å². The number of nitrogens with zero attached hydrogens (tertiary/aromatic N) is 2. The molecule has 52 heavy (non-hydrogen) atoms. The van der Waals surface area contributed by atoms with Crippen LogP contribution in [0.2, 0.25) is 6.04 Å². The van der Waals surface area contributed by atoms with Crippen LogP contribution >= 0.6 is 0 Å². The average Bonchev–Trinajstić information content (AvgIpc) is 3.04. The predicted molar refractivity (Wildman–Crippen MR) is 201 cm³/mol. The monoisotopic (exact) mass is 744 g/mol. The smallest absolute Gasteiger partial charge is 0.458 e. The molecule has 0 aliphatic rings. The average molecular weight is 745 g/mol. The zero-order valence-corrected chi connectivity index (χ0v) is 32.9. The molecule has 0 bridgehead atoms. The van der Waals surface area contributed by atoms with E-state index in [1.54, 1.807) is 90.1 Å². The fourth-order valence-electron chi connectivity index (χ4n) is 4.59. The molecule has 0 aromatic heterocycles. The van der Waals surface area contributed by atoms with Crippen molar-refractivity contribution in [2.45, 2.75) is 105 Å². The Kier molecular flexibility index (Phi) is 17.9. The fourth-order valence-corrected chi connectivity index (χ4v) is 7.20. The van der Waals surface area contributed by atoms with Crippen LogP contribution < -0.4 is 21.3 Å². The molecular weight excluding hydrogens is 689 g/mol. The van der Waals surface area contributed by atoms with E-state index in [0.29, 0.717) is 61.6 Å². The lowest BCUT2D eigenvalue weighted by Crippen LogP contribution is -2.46. The summed E-state index contributed by atoms with van der Waals surface area (Å²) in [7, 11) is -2.75. The number of anilines is 2. The van der Waals surface area contributed by atoms with Crippen LogP contribution in [-0.2, 0) is 32.3 Å². The van der Waals surface area contributed by atoms with Crippen molar-refractivity contribution in [2.24, 2.45) is 10.2 Å². The van der Waals surface area contributed by atoms with E-state index in [1.165, 1.54) is 0 Å². The Balaban J connectivity index is 1.86. The first-order valence-corrected chi connectivity index (χ1v) is 19.5. The molecule has 0 saturated heterocycles. The van der Waals surface area contributed by atoms with E-state index < -0.39 is 38.1 Å². The van der Waals surface area contributed by atoms with Crippen LogP contribution in [0, 0.1) is 0 Å². The van der Waals surface area contributed by atoms with Crippen LogP contribution in [-0.4, -0.2) is 76.4 Å². The summed E-state index contributed by atoms with van der Waals surface area (Å²) in [5, 5.41) is 19.4. The number of hydrogen-bond acceptors (Lipinski definition) is 11. The summed E-state index contributed by atoms with van der Waals surface area (Å²) in [6.45, 7) is 17.9. The molecule has 0 aliphatic heterocycles. The molecule has 2 rings (SSSR count). The summed E-state index contributed by atoms with van der Waals surface area (Å²) in [4.78, 5) is 50.2. The van der Waals surface area contributed by atoms with Gasteiger partial charge in [0.05, 0.1) is 11.4 Å². The van der Waals surface area contributed by atoms with Gasteiger partial charge in [-0.2, -0.15) is 10.2 Å². The number of ether oxygens (including phenoxy) is 2. The summed E-state index contributed by atoms with van der Waals surface area (Å²) in [5.74, 6) is -1.02. The second kappa shape index (κ2) is 21.2. The minimum absolute atomic E-state index is 0.00594. The quantitative estimate of drug-likeness (QED) is 0.0486. The van der Waals surface area contributed by atoms with Crippen molar-refractivity contribution in [3.05, 3.63) is 48.5 Å². The molecule has 0 spiro atoms. The van der Waals surface area contributed by atoms with E-state index in [2.05, 4.69) is 31.5 Å². The number of amides is 4. The molecule has 4 N–H and O–H groups in total. The van der Waals surface area contributed by atoms with E-state index in [1.807, 2.05) is 20.8 Å². The molecule has 0 fully saturated rings. The number of urea groups is 1. The first-order chi connectivity index (χ1) is 24.5. The fraction of sp³-hybridized carbons (Fsp3) is 0.556. The van der Waals surface area contributed by atoms with Crippen molar-refractivity contribution in [3.8, 4) is 0 Å². The minimum Gasteiger partial charge on any atom is -0.458 e. The van der Waals surface area contributed by atoms with Gasteiger partial charge in [-0.25, -0.2) is 14.4 Å². The van der Waals surface area contributed by atoms with Crippen LogP contribution in [0.15, 0.2) is 58.8 Å². The molecular formula is C36H56N6O9Si. The molecule has 288 valence electrons. The maximum atomic E-state index is 12.7. The number of carbonyl (C=O) groups excluding carboxylic acids is 4. The second-order valence-corrected chi connectivity index (χ2v) is 16.3. The van der Waals surface area contributed by atoms with Gasteiger partial charge in [-0.1, -0.05) is 0 Å². The molecule has 1 atom stereocenters.